The highest BCUT2D eigenvalue weighted by Gasteiger charge is 2.36. The van der Waals surface area contributed by atoms with Gasteiger partial charge in [0.15, 0.2) is 0 Å². The molecule has 0 aromatic heterocycles. The third kappa shape index (κ3) is 1.26. The highest BCUT2D eigenvalue weighted by Crippen LogP contribution is 2.43. The number of rotatable bonds is 1. The summed E-state index contributed by atoms with van der Waals surface area (Å²) < 4.78 is 23.6. The number of sulfone groups is 1. The number of hydrogen-bond donors (Lipinski definition) is 0. The summed E-state index contributed by atoms with van der Waals surface area (Å²) in [6.45, 7) is 0. The molecular formula is C12H14O2S. The molecule has 1 aliphatic carbocycles. The van der Waals surface area contributed by atoms with Gasteiger partial charge in [0.2, 0.25) is 9.84 Å². The Hall–Kier alpha value is -0.830. The molecule has 0 aromatic rings. The minimum Gasteiger partial charge on any atom is -0.219 e. The van der Waals surface area contributed by atoms with Gasteiger partial charge in [-0.15, -0.1) is 0 Å². The lowest BCUT2D eigenvalue weighted by atomic mass is 9.83. The van der Waals surface area contributed by atoms with Crippen molar-refractivity contribution in [1.82, 2.24) is 0 Å². The number of hydrogen-bond acceptors (Lipinski definition) is 2. The molecule has 1 saturated carbocycles. The summed E-state index contributed by atoms with van der Waals surface area (Å²) in [5.74, 6) is 0.492. The molecule has 2 nitrogen and oxygen atoms in total. The SMILES string of the molecule is O=S1(=O)C2=CC(C3CCCCC3)=C1C=C2. The Morgan fingerprint density at radius 1 is 1.07 bits per heavy atom. The van der Waals surface area contributed by atoms with Crippen LogP contribution in [-0.2, 0) is 9.84 Å². The summed E-state index contributed by atoms with van der Waals surface area (Å²) in [4.78, 5) is 1.10. The van der Waals surface area contributed by atoms with Crippen molar-refractivity contribution in [3.8, 4) is 0 Å². The smallest absolute Gasteiger partial charge is 0.206 e. The van der Waals surface area contributed by atoms with Crippen molar-refractivity contribution in [2.75, 3.05) is 0 Å². The number of allylic oxidation sites excluding steroid dienone is 4. The Morgan fingerprint density at radius 2 is 1.80 bits per heavy atom. The van der Waals surface area contributed by atoms with Gasteiger partial charge in [0.1, 0.15) is 0 Å². The first-order valence-corrected chi connectivity index (χ1v) is 7.07. The van der Waals surface area contributed by atoms with Gasteiger partial charge in [0, 0.05) is 0 Å². The second-order valence-electron chi connectivity index (χ2n) is 4.54. The Balaban J connectivity index is 2.02. The Bertz CT molecular complexity index is 486. The van der Waals surface area contributed by atoms with Crippen LogP contribution in [0.25, 0.3) is 0 Å². The van der Waals surface area contributed by atoms with Gasteiger partial charge in [0.25, 0.3) is 0 Å². The molecule has 3 heteroatoms. The van der Waals surface area contributed by atoms with Crippen LogP contribution in [0, 0.1) is 5.92 Å². The lowest BCUT2D eigenvalue weighted by molar-refractivity contribution is 0.408. The van der Waals surface area contributed by atoms with Crippen LogP contribution in [0.15, 0.2) is 33.6 Å². The van der Waals surface area contributed by atoms with Gasteiger partial charge in [-0.05, 0) is 42.6 Å². The standard InChI is InChI=1S/C12H14O2S/c13-15(14)10-6-7-12(15)11(8-10)9-4-2-1-3-5-9/h6-9H,1-5H2. The van der Waals surface area contributed by atoms with Crippen LogP contribution in [0.1, 0.15) is 32.1 Å². The molecule has 0 amide bonds. The third-order valence-corrected chi connectivity index (χ3v) is 5.45. The van der Waals surface area contributed by atoms with E-state index < -0.39 is 9.84 Å². The van der Waals surface area contributed by atoms with Crippen LogP contribution in [0.5, 0.6) is 0 Å². The predicted octanol–water partition coefficient (Wildman–Crippen LogP) is 2.70. The van der Waals surface area contributed by atoms with Gasteiger partial charge < -0.3 is 0 Å². The molecule has 15 heavy (non-hydrogen) atoms. The molecule has 3 aliphatic rings. The molecule has 2 aliphatic heterocycles. The maximum absolute atomic E-state index is 11.8. The zero-order valence-corrected chi connectivity index (χ0v) is 9.39. The van der Waals surface area contributed by atoms with Crippen LogP contribution < -0.4 is 0 Å². The highest BCUT2D eigenvalue weighted by molar-refractivity contribution is 8.00. The van der Waals surface area contributed by atoms with Gasteiger partial charge in [-0.3, -0.25) is 0 Å². The summed E-state index contributed by atoms with van der Waals surface area (Å²) in [5.41, 5.74) is 1.09. The largest absolute Gasteiger partial charge is 0.219 e. The fourth-order valence-corrected chi connectivity index (χ4v) is 4.36. The molecule has 2 bridgehead atoms. The van der Waals surface area contributed by atoms with Crippen LogP contribution in [0.2, 0.25) is 0 Å². The lowest BCUT2D eigenvalue weighted by Crippen LogP contribution is -2.09. The highest BCUT2D eigenvalue weighted by atomic mass is 32.2. The molecule has 0 atom stereocenters. The molecule has 0 aromatic carbocycles. The second-order valence-corrected chi connectivity index (χ2v) is 6.46. The lowest BCUT2D eigenvalue weighted by Gasteiger charge is -2.22. The van der Waals surface area contributed by atoms with Gasteiger partial charge >= 0.3 is 0 Å². The van der Waals surface area contributed by atoms with Gasteiger partial charge in [0.05, 0.1) is 9.81 Å². The van der Waals surface area contributed by atoms with Crippen molar-refractivity contribution in [2.45, 2.75) is 32.1 Å². The number of fused-ring (bicyclic) bond motifs is 2. The molecule has 0 saturated heterocycles. The molecule has 0 spiro atoms. The first-order valence-electron chi connectivity index (χ1n) is 5.58. The average molecular weight is 222 g/mol. The van der Waals surface area contributed by atoms with Gasteiger partial charge in [-0.25, -0.2) is 8.42 Å². The maximum Gasteiger partial charge on any atom is 0.206 e. The van der Waals surface area contributed by atoms with E-state index in [0.717, 1.165) is 18.4 Å². The van der Waals surface area contributed by atoms with Crippen molar-refractivity contribution in [2.24, 2.45) is 5.92 Å². The van der Waals surface area contributed by atoms with Crippen molar-refractivity contribution >= 4 is 9.84 Å². The topological polar surface area (TPSA) is 34.1 Å². The molecule has 0 unspecified atom stereocenters. The summed E-state index contributed by atoms with van der Waals surface area (Å²) in [6, 6.07) is 0. The predicted molar refractivity (Wildman–Crippen MR) is 59.7 cm³/mol. The van der Waals surface area contributed by atoms with Crippen molar-refractivity contribution in [3.63, 3.8) is 0 Å². The maximum atomic E-state index is 11.8. The monoisotopic (exact) mass is 222 g/mol. The molecule has 80 valence electrons. The zero-order valence-electron chi connectivity index (χ0n) is 8.57. The molecule has 1 fully saturated rings. The van der Waals surface area contributed by atoms with Crippen molar-refractivity contribution in [3.05, 3.63) is 33.6 Å². The van der Waals surface area contributed by atoms with Gasteiger partial charge in [-0.2, -0.15) is 0 Å². The quantitative estimate of drug-likeness (QED) is 0.683. The summed E-state index contributed by atoms with van der Waals surface area (Å²) in [7, 11) is -3.06. The van der Waals surface area contributed by atoms with Crippen LogP contribution >= 0.6 is 0 Å². The third-order valence-electron chi connectivity index (χ3n) is 3.63. The molecule has 2 heterocycles. The Morgan fingerprint density at radius 3 is 2.33 bits per heavy atom. The Kier molecular flexibility index (Phi) is 1.93. The van der Waals surface area contributed by atoms with E-state index in [0.29, 0.717) is 15.7 Å². The molecule has 3 rings (SSSR count). The summed E-state index contributed by atoms with van der Waals surface area (Å²) in [5, 5.41) is 0. The minimum absolute atomic E-state index is 0.492. The van der Waals surface area contributed by atoms with E-state index in [1.807, 2.05) is 6.08 Å². The molecular weight excluding hydrogens is 208 g/mol. The second kappa shape index (κ2) is 3.08. The van der Waals surface area contributed by atoms with E-state index in [9.17, 15) is 8.42 Å². The first kappa shape index (κ1) is 9.40. The zero-order chi connectivity index (χ0) is 10.5. The van der Waals surface area contributed by atoms with Crippen molar-refractivity contribution in [1.29, 1.82) is 0 Å². The van der Waals surface area contributed by atoms with E-state index in [-0.39, 0.29) is 0 Å². The summed E-state index contributed by atoms with van der Waals surface area (Å²) in [6.07, 6.45) is 11.5. The summed E-state index contributed by atoms with van der Waals surface area (Å²) >= 11 is 0. The van der Waals surface area contributed by atoms with Crippen LogP contribution in [0.4, 0.5) is 0 Å². The fourth-order valence-electron chi connectivity index (χ4n) is 2.80. The van der Waals surface area contributed by atoms with Crippen LogP contribution in [-0.4, -0.2) is 8.42 Å². The normalized spacial score (nSPS) is 28.7. The first-order chi connectivity index (χ1) is 7.19. The van der Waals surface area contributed by atoms with E-state index in [1.54, 1.807) is 12.2 Å². The van der Waals surface area contributed by atoms with E-state index >= 15 is 0 Å². The van der Waals surface area contributed by atoms with Crippen LogP contribution in [0.3, 0.4) is 0 Å². The average Bonchev–Trinajstić information content (AvgIpc) is 2.69. The van der Waals surface area contributed by atoms with E-state index in [4.69, 9.17) is 0 Å². The van der Waals surface area contributed by atoms with E-state index in [2.05, 4.69) is 0 Å². The fraction of sp³-hybridized carbons (Fsp3) is 0.500. The Labute approximate surface area is 90.3 Å². The molecule has 0 N–H and O–H groups in total. The van der Waals surface area contributed by atoms with Gasteiger partial charge in [-0.1, -0.05) is 19.3 Å². The molecule has 0 radical (unpaired) electrons. The van der Waals surface area contributed by atoms with E-state index in [1.165, 1.54) is 19.3 Å². The minimum atomic E-state index is -3.06. The van der Waals surface area contributed by atoms with Crippen molar-refractivity contribution < 1.29 is 8.42 Å².